The van der Waals surface area contributed by atoms with Crippen molar-refractivity contribution in [2.24, 2.45) is 5.10 Å². The van der Waals surface area contributed by atoms with Crippen LogP contribution < -0.4 is 10.2 Å². The molecule has 1 N–H and O–H groups in total. The maximum Gasteiger partial charge on any atom is 0.271 e. The summed E-state index contributed by atoms with van der Waals surface area (Å²) in [5, 5.41) is 4.69. The van der Waals surface area contributed by atoms with E-state index in [9.17, 15) is 4.79 Å². The van der Waals surface area contributed by atoms with Gasteiger partial charge in [-0.15, -0.1) is 0 Å². The van der Waals surface area contributed by atoms with Gasteiger partial charge in [-0.1, -0.05) is 29.8 Å². The number of nitrogens with one attached hydrogen (secondary N) is 1. The van der Waals surface area contributed by atoms with Crippen molar-refractivity contribution in [3.8, 4) is 5.75 Å². The summed E-state index contributed by atoms with van der Waals surface area (Å²) in [4.78, 5) is 12.0. The van der Waals surface area contributed by atoms with Crippen LogP contribution in [0.25, 0.3) is 0 Å². The molecule has 1 amide bonds. The summed E-state index contributed by atoms with van der Waals surface area (Å²) < 4.78 is 6.74. The number of nitrogens with zero attached hydrogens (tertiary/aromatic N) is 1. The van der Waals surface area contributed by atoms with Crippen LogP contribution >= 0.6 is 34.2 Å². The second kappa shape index (κ2) is 9.53. The maximum absolute atomic E-state index is 12.0. The Morgan fingerprint density at radius 1 is 1.07 bits per heavy atom. The molecule has 6 heteroatoms. The molecule has 3 rings (SSSR count). The van der Waals surface area contributed by atoms with E-state index in [2.05, 4.69) is 33.1 Å². The summed E-state index contributed by atoms with van der Waals surface area (Å²) in [6.45, 7) is 0.444. The highest BCUT2D eigenvalue weighted by Crippen LogP contribution is 2.16. The number of hydrogen-bond acceptors (Lipinski definition) is 3. The second-order valence-electron chi connectivity index (χ2n) is 5.70. The van der Waals surface area contributed by atoms with Crippen LogP contribution in [0.2, 0.25) is 5.02 Å². The quantitative estimate of drug-likeness (QED) is 0.290. The van der Waals surface area contributed by atoms with E-state index < -0.39 is 0 Å². The Morgan fingerprint density at radius 2 is 1.85 bits per heavy atom. The van der Waals surface area contributed by atoms with Crippen molar-refractivity contribution in [1.82, 2.24) is 5.43 Å². The standard InChI is InChI=1S/C21H16ClIN2O2/c22-18-5-1-3-16(11-18)14-27-20-9-7-15(8-10-20)13-24-25-21(26)17-4-2-6-19(23)12-17/h1-13H,14H2,(H,25,26)/b24-13-. The van der Waals surface area contributed by atoms with Gasteiger partial charge < -0.3 is 4.74 Å². The number of amides is 1. The third kappa shape index (κ3) is 6.08. The molecule has 0 aliphatic rings. The Morgan fingerprint density at radius 3 is 2.59 bits per heavy atom. The summed E-state index contributed by atoms with van der Waals surface area (Å²) in [6, 6.07) is 22.3. The third-order valence-electron chi connectivity index (χ3n) is 3.64. The molecule has 0 unspecified atom stereocenters. The van der Waals surface area contributed by atoms with E-state index in [-0.39, 0.29) is 5.91 Å². The smallest absolute Gasteiger partial charge is 0.271 e. The van der Waals surface area contributed by atoms with Crippen molar-refractivity contribution in [2.45, 2.75) is 6.61 Å². The van der Waals surface area contributed by atoms with Crippen LogP contribution in [0.15, 0.2) is 77.9 Å². The zero-order chi connectivity index (χ0) is 19.1. The van der Waals surface area contributed by atoms with Crippen molar-refractivity contribution in [3.05, 3.63) is 98.1 Å². The Labute approximate surface area is 176 Å². The summed E-state index contributed by atoms with van der Waals surface area (Å²) in [5.74, 6) is 0.501. The van der Waals surface area contributed by atoms with Crippen LogP contribution in [0.1, 0.15) is 21.5 Å². The molecule has 0 heterocycles. The molecule has 0 aromatic heterocycles. The van der Waals surface area contributed by atoms with E-state index in [0.29, 0.717) is 17.2 Å². The maximum atomic E-state index is 12.0. The average molecular weight is 491 g/mol. The van der Waals surface area contributed by atoms with Crippen molar-refractivity contribution < 1.29 is 9.53 Å². The van der Waals surface area contributed by atoms with Gasteiger partial charge in [-0.05, 0) is 88.3 Å². The zero-order valence-corrected chi connectivity index (χ0v) is 17.1. The topological polar surface area (TPSA) is 50.7 Å². The normalized spacial score (nSPS) is 10.7. The number of rotatable bonds is 6. The van der Waals surface area contributed by atoms with Gasteiger partial charge in [0.15, 0.2) is 0 Å². The highest BCUT2D eigenvalue weighted by molar-refractivity contribution is 14.1. The molecule has 0 saturated carbocycles. The van der Waals surface area contributed by atoms with E-state index in [1.807, 2.05) is 60.7 Å². The number of ether oxygens (including phenoxy) is 1. The van der Waals surface area contributed by atoms with E-state index in [1.165, 1.54) is 0 Å². The number of hydrogen-bond donors (Lipinski definition) is 1. The second-order valence-corrected chi connectivity index (χ2v) is 7.38. The lowest BCUT2D eigenvalue weighted by molar-refractivity contribution is 0.0955. The van der Waals surface area contributed by atoms with Gasteiger partial charge in [0.25, 0.3) is 5.91 Å². The van der Waals surface area contributed by atoms with Gasteiger partial charge in [-0.25, -0.2) is 5.43 Å². The van der Waals surface area contributed by atoms with Crippen molar-refractivity contribution in [2.75, 3.05) is 0 Å². The Kier molecular flexibility index (Phi) is 6.84. The first kappa shape index (κ1) is 19.4. The van der Waals surface area contributed by atoms with Gasteiger partial charge in [0.2, 0.25) is 0 Å². The minimum absolute atomic E-state index is 0.244. The summed E-state index contributed by atoms with van der Waals surface area (Å²) in [6.07, 6.45) is 1.59. The van der Waals surface area contributed by atoms with Crippen molar-refractivity contribution in [3.63, 3.8) is 0 Å². The highest BCUT2D eigenvalue weighted by Gasteiger charge is 2.03. The van der Waals surface area contributed by atoms with Gasteiger partial charge in [-0.3, -0.25) is 4.79 Å². The highest BCUT2D eigenvalue weighted by atomic mass is 127. The summed E-state index contributed by atoms with van der Waals surface area (Å²) in [5.41, 5.74) is 4.96. The SMILES string of the molecule is O=C(N/N=C\c1ccc(OCc2cccc(Cl)c2)cc1)c1cccc(I)c1. The van der Waals surface area contributed by atoms with Crippen LogP contribution in [-0.2, 0) is 6.61 Å². The molecule has 27 heavy (non-hydrogen) atoms. The Hall–Kier alpha value is -2.38. The number of carbonyl (C=O) groups is 1. The van der Waals surface area contributed by atoms with E-state index >= 15 is 0 Å². The first-order chi connectivity index (χ1) is 13.1. The molecule has 0 radical (unpaired) electrons. The molecule has 0 aliphatic heterocycles. The number of carbonyl (C=O) groups excluding carboxylic acids is 1. The molecular weight excluding hydrogens is 475 g/mol. The first-order valence-corrected chi connectivity index (χ1v) is 9.62. The number of benzene rings is 3. The van der Waals surface area contributed by atoms with Crippen LogP contribution in [-0.4, -0.2) is 12.1 Å². The average Bonchev–Trinajstić information content (AvgIpc) is 2.67. The third-order valence-corrected chi connectivity index (χ3v) is 4.55. The van der Waals surface area contributed by atoms with Crippen molar-refractivity contribution >= 4 is 46.3 Å². The van der Waals surface area contributed by atoms with Gasteiger partial charge in [0.1, 0.15) is 12.4 Å². The molecule has 0 spiro atoms. The predicted molar refractivity (Wildman–Crippen MR) is 116 cm³/mol. The van der Waals surface area contributed by atoms with Crippen LogP contribution in [0.5, 0.6) is 5.75 Å². The van der Waals surface area contributed by atoms with Gasteiger partial charge in [0, 0.05) is 14.2 Å². The van der Waals surface area contributed by atoms with E-state index in [4.69, 9.17) is 16.3 Å². The van der Waals surface area contributed by atoms with E-state index in [1.54, 1.807) is 18.3 Å². The monoisotopic (exact) mass is 490 g/mol. The fourth-order valence-electron chi connectivity index (χ4n) is 2.30. The van der Waals surface area contributed by atoms with Crippen LogP contribution in [0.4, 0.5) is 0 Å². The lowest BCUT2D eigenvalue weighted by Gasteiger charge is -2.06. The lowest BCUT2D eigenvalue weighted by Crippen LogP contribution is -2.17. The number of halogens is 2. The van der Waals surface area contributed by atoms with Crippen LogP contribution in [0, 0.1) is 3.57 Å². The van der Waals surface area contributed by atoms with Crippen LogP contribution in [0.3, 0.4) is 0 Å². The zero-order valence-electron chi connectivity index (χ0n) is 14.2. The lowest BCUT2D eigenvalue weighted by atomic mass is 10.2. The molecule has 3 aromatic carbocycles. The number of hydrazone groups is 1. The Bertz CT molecular complexity index is 958. The minimum atomic E-state index is -0.244. The fourth-order valence-corrected chi connectivity index (χ4v) is 3.06. The molecule has 0 saturated heterocycles. The molecule has 3 aromatic rings. The fraction of sp³-hybridized carbons (Fsp3) is 0.0476. The molecule has 0 atom stereocenters. The summed E-state index contributed by atoms with van der Waals surface area (Å²) in [7, 11) is 0. The molecule has 4 nitrogen and oxygen atoms in total. The van der Waals surface area contributed by atoms with Gasteiger partial charge in [0.05, 0.1) is 6.21 Å². The molecular formula is C21H16ClIN2O2. The van der Waals surface area contributed by atoms with Gasteiger partial charge in [-0.2, -0.15) is 5.10 Å². The molecule has 0 fully saturated rings. The first-order valence-electron chi connectivity index (χ1n) is 8.16. The predicted octanol–water partition coefficient (Wildman–Crippen LogP) is 5.29. The molecule has 136 valence electrons. The molecule has 0 aliphatic carbocycles. The summed E-state index contributed by atoms with van der Waals surface area (Å²) >= 11 is 8.13. The minimum Gasteiger partial charge on any atom is -0.489 e. The largest absolute Gasteiger partial charge is 0.489 e. The molecule has 0 bridgehead atoms. The van der Waals surface area contributed by atoms with E-state index in [0.717, 1.165) is 20.4 Å². The Balaban J connectivity index is 1.52. The van der Waals surface area contributed by atoms with Crippen molar-refractivity contribution in [1.29, 1.82) is 0 Å². The van der Waals surface area contributed by atoms with Gasteiger partial charge >= 0.3 is 0 Å².